The molecule has 10 rings (SSSR count). The Bertz CT molecular complexity index is 2470. The molecule has 46 heavy (non-hydrogen) atoms. The lowest BCUT2D eigenvalue weighted by Gasteiger charge is -2.28. The summed E-state index contributed by atoms with van der Waals surface area (Å²) >= 11 is 0. The highest BCUT2D eigenvalue weighted by atomic mass is 16.5. The molecular weight excluding hydrogens is 568 g/mol. The van der Waals surface area contributed by atoms with Crippen molar-refractivity contribution in [3.63, 3.8) is 0 Å². The van der Waals surface area contributed by atoms with Gasteiger partial charge in [0.2, 0.25) is 5.88 Å². The van der Waals surface area contributed by atoms with E-state index in [4.69, 9.17) is 13.6 Å². The average molecular weight is 595 g/mol. The van der Waals surface area contributed by atoms with Crippen LogP contribution in [0.2, 0.25) is 0 Å². The zero-order valence-corrected chi connectivity index (χ0v) is 24.6. The number of anilines is 2. The van der Waals surface area contributed by atoms with Gasteiger partial charge in [0, 0.05) is 57.5 Å². The third-order valence-corrected chi connectivity index (χ3v) is 9.26. The Morgan fingerprint density at radius 1 is 0.652 bits per heavy atom. The summed E-state index contributed by atoms with van der Waals surface area (Å²) in [4.78, 5) is 6.59. The van der Waals surface area contributed by atoms with Gasteiger partial charge in [-0.15, -0.1) is 0 Å². The Labute approximate surface area is 264 Å². The molecule has 2 atom stereocenters. The van der Waals surface area contributed by atoms with Crippen molar-refractivity contribution in [2.24, 2.45) is 0 Å². The Hall–Kier alpha value is -6.07. The maximum absolute atomic E-state index is 6.85. The summed E-state index contributed by atoms with van der Waals surface area (Å²) in [7, 11) is 0. The van der Waals surface area contributed by atoms with E-state index in [-0.39, 0.29) is 12.0 Å². The van der Waals surface area contributed by atoms with E-state index in [9.17, 15) is 0 Å². The Morgan fingerprint density at radius 3 is 2.22 bits per heavy atom. The molecule has 8 aromatic rings. The number of ether oxygens (including phenoxy) is 1. The quantitative estimate of drug-likeness (QED) is 0.190. The van der Waals surface area contributed by atoms with Gasteiger partial charge < -0.3 is 13.6 Å². The fourth-order valence-corrected chi connectivity index (χ4v) is 7.15. The molecule has 2 unspecified atom stereocenters. The number of benzene rings is 5. The van der Waals surface area contributed by atoms with Crippen molar-refractivity contribution in [3.8, 4) is 17.1 Å². The SMILES string of the molecule is C1=CC2c3c(c4ccccc4c4ccccc34)OC2C=C1N(c1ccc(-c2cc3ncccc3o2)cc1)c1cc2ccccc2o1. The molecule has 1 aliphatic heterocycles. The van der Waals surface area contributed by atoms with Crippen LogP contribution < -0.4 is 9.64 Å². The minimum Gasteiger partial charge on any atom is -0.484 e. The molecule has 0 saturated carbocycles. The van der Waals surface area contributed by atoms with E-state index in [0.29, 0.717) is 0 Å². The van der Waals surface area contributed by atoms with E-state index in [2.05, 4.69) is 113 Å². The summed E-state index contributed by atoms with van der Waals surface area (Å²) in [6.07, 6.45) is 8.36. The van der Waals surface area contributed by atoms with E-state index < -0.39 is 0 Å². The molecule has 0 amide bonds. The van der Waals surface area contributed by atoms with Crippen molar-refractivity contribution in [1.82, 2.24) is 4.98 Å². The number of hydrogen-bond acceptors (Lipinski definition) is 5. The number of fused-ring (bicyclic) bond motifs is 10. The van der Waals surface area contributed by atoms with Crippen molar-refractivity contribution < 1.29 is 13.6 Å². The molecule has 5 heteroatoms. The first-order chi connectivity index (χ1) is 22.8. The molecule has 5 aromatic carbocycles. The van der Waals surface area contributed by atoms with Crippen LogP contribution in [-0.4, -0.2) is 11.1 Å². The number of pyridine rings is 1. The van der Waals surface area contributed by atoms with Gasteiger partial charge in [0.15, 0.2) is 5.58 Å². The zero-order chi connectivity index (χ0) is 30.2. The molecule has 0 bridgehead atoms. The maximum Gasteiger partial charge on any atom is 0.205 e. The van der Waals surface area contributed by atoms with E-state index in [0.717, 1.165) is 61.8 Å². The average Bonchev–Trinajstić information content (AvgIpc) is 3.84. The minimum absolute atomic E-state index is 0.106. The van der Waals surface area contributed by atoms with Crippen molar-refractivity contribution in [1.29, 1.82) is 0 Å². The number of nitrogens with zero attached hydrogens (tertiary/aromatic N) is 2. The lowest BCUT2D eigenvalue weighted by Crippen LogP contribution is -2.24. The molecule has 5 nitrogen and oxygen atoms in total. The van der Waals surface area contributed by atoms with Gasteiger partial charge in [0.1, 0.15) is 28.7 Å². The third-order valence-electron chi connectivity index (χ3n) is 9.26. The first-order valence-corrected chi connectivity index (χ1v) is 15.5. The lowest BCUT2D eigenvalue weighted by molar-refractivity contribution is 0.270. The number of rotatable bonds is 4. The van der Waals surface area contributed by atoms with Gasteiger partial charge in [-0.25, -0.2) is 0 Å². The van der Waals surface area contributed by atoms with Crippen LogP contribution in [0.4, 0.5) is 11.6 Å². The van der Waals surface area contributed by atoms with E-state index in [1.807, 2.05) is 36.4 Å². The Balaban J connectivity index is 1.08. The number of aromatic nitrogens is 1. The molecule has 0 N–H and O–H groups in total. The topological polar surface area (TPSA) is 51.6 Å². The first-order valence-electron chi connectivity index (χ1n) is 15.5. The minimum atomic E-state index is -0.154. The van der Waals surface area contributed by atoms with Crippen LogP contribution in [0.5, 0.6) is 5.75 Å². The number of allylic oxidation sites excluding steroid dienone is 1. The fraction of sp³-hybridized carbons (Fsp3) is 0.0488. The molecule has 218 valence electrons. The molecule has 0 spiro atoms. The van der Waals surface area contributed by atoms with Crippen LogP contribution in [-0.2, 0) is 0 Å². The molecular formula is C41H26N2O3. The summed E-state index contributed by atoms with van der Waals surface area (Å²) < 4.78 is 19.4. The van der Waals surface area contributed by atoms with Crippen molar-refractivity contribution >= 4 is 55.2 Å². The second kappa shape index (κ2) is 9.71. The van der Waals surface area contributed by atoms with Gasteiger partial charge in [-0.05, 0) is 70.8 Å². The van der Waals surface area contributed by atoms with Crippen molar-refractivity contribution in [2.45, 2.75) is 12.0 Å². The van der Waals surface area contributed by atoms with Gasteiger partial charge >= 0.3 is 0 Å². The molecule has 0 fully saturated rings. The van der Waals surface area contributed by atoms with E-state index >= 15 is 0 Å². The summed E-state index contributed by atoms with van der Waals surface area (Å²) in [5, 5.41) is 5.92. The van der Waals surface area contributed by atoms with Gasteiger partial charge in [0.05, 0.1) is 0 Å². The van der Waals surface area contributed by atoms with Gasteiger partial charge in [0.25, 0.3) is 0 Å². The Kier molecular flexibility index (Phi) is 5.34. The van der Waals surface area contributed by atoms with Crippen LogP contribution >= 0.6 is 0 Å². The van der Waals surface area contributed by atoms with Crippen LogP contribution in [0.3, 0.4) is 0 Å². The van der Waals surface area contributed by atoms with E-state index in [1.165, 1.54) is 21.7 Å². The molecule has 3 aromatic heterocycles. The number of furan rings is 2. The molecule has 4 heterocycles. The monoisotopic (exact) mass is 594 g/mol. The van der Waals surface area contributed by atoms with Crippen molar-refractivity contribution in [2.75, 3.05) is 4.90 Å². The van der Waals surface area contributed by atoms with Crippen LogP contribution in [0.25, 0.3) is 54.9 Å². The summed E-state index contributed by atoms with van der Waals surface area (Å²) in [5.74, 6) is 2.61. The second-order valence-corrected chi connectivity index (χ2v) is 11.9. The second-order valence-electron chi connectivity index (χ2n) is 11.9. The highest BCUT2D eigenvalue weighted by Crippen LogP contribution is 2.51. The van der Waals surface area contributed by atoms with Gasteiger partial charge in [-0.3, -0.25) is 9.88 Å². The van der Waals surface area contributed by atoms with E-state index in [1.54, 1.807) is 6.20 Å². The highest BCUT2D eigenvalue weighted by Gasteiger charge is 2.37. The number of hydrogen-bond donors (Lipinski definition) is 0. The molecule has 0 saturated heterocycles. The summed E-state index contributed by atoms with van der Waals surface area (Å²) in [6.45, 7) is 0. The number of para-hydroxylation sites is 1. The lowest BCUT2D eigenvalue weighted by atomic mass is 9.86. The third kappa shape index (κ3) is 3.78. The Morgan fingerprint density at radius 2 is 1.39 bits per heavy atom. The largest absolute Gasteiger partial charge is 0.484 e. The van der Waals surface area contributed by atoms with Crippen LogP contribution in [0, 0.1) is 0 Å². The predicted molar refractivity (Wildman–Crippen MR) is 184 cm³/mol. The van der Waals surface area contributed by atoms with Crippen LogP contribution in [0.1, 0.15) is 11.5 Å². The predicted octanol–water partition coefficient (Wildman–Crippen LogP) is 10.7. The van der Waals surface area contributed by atoms with Gasteiger partial charge in [-0.2, -0.15) is 0 Å². The molecule has 1 aliphatic carbocycles. The molecule has 0 radical (unpaired) electrons. The zero-order valence-electron chi connectivity index (χ0n) is 24.6. The highest BCUT2D eigenvalue weighted by molar-refractivity contribution is 6.13. The molecule has 2 aliphatic rings. The first kappa shape index (κ1) is 25.3. The van der Waals surface area contributed by atoms with Crippen molar-refractivity contribution in [3.05, 3.63) is 157 Å². The summed E-state index contributed by atoms with van der Waals surface area (Å²) in [6, 6.07) is 41.6. The van der Waals surface area contributed by atoms with Gasteiger partial charge in [-0.1, -0.05) is 72.8 Å². The van der Waals surface area contributed by atoms with Crippen LogP contribution in [0.15, 0.2) is 160 Å². The fourth-order valence-electron chi connectivity index (χ4n) is 7.15. The normalized spacial score (nSPS) is 16.9. The smallest absolute Gasteiger partial charge is 0.205 e. The maximum atomic E-state index is 6.85. The standard InChI is InChI=1S/C41H26N2O3/c1-6-13-35-26(8-1)22-39(45-35)43(27-17-15-25(16-18-27)37-24-34-36(44-37)14-7-21-42-34)28-19-20-33-38(23-28)46-41-32-12-5-3-10-30(32)29-9-2-4-11-31(29)40(33)41/h1-24,33,38H. The summed E-state index contributed by atoms with van der Waals surface area (Å²) in [5.41, 5.74) is 6.65.